The molecule has 146 valence electrons. The van der Waals surface area contributed by atoms with Gasteiger partial charge < -0.3 is 4.98 Å². The minimum atomic E-state index is -4.02. The highest BCUT2D eigenvalue weighted by Gasteiger charge is 2.26. The van der Waals surface area contributed by atoms with Gasteiger partial charge in [0.1, 0.15) is 5.82 Å². The summed E-state index contributed by atoms with van der Waals surface area (Å²) in [5.41, 5.74) is 0.197. The Kier molecular flexibility index (Phi) is 5.25. The van der Waals surface area contributed by atoms with E-state index in [2.05, 4.69) is 9.97 Å². The van der Waals surface area contributed by atoms with Crippen LogP contribution >= 0.6 is 0 Å². The van der Waals surface area contributed by atoms with Crippen molar-refractivity contribution in [3.63, 3.8) is 0 Å². The Morgan fingerprint density at radius 1 is 1.21 bits per heavy atom. The summed E-state index contributed by atoms with van der Waals surface area (Å²) in [6.07, 6.45) is 0. The van der Waals surface area contributed by atoms with E-state index in [0.29, 0.717) is 16.5 Å². The maximum atomic E-state index is 13.0. The first-order valence-corrected chi connectivity index (χ1v) is 9.91. The van der Waals surface area contributed by atoms with Gasteiger partial charge in [0.2, 0.25) is 10.0 Å². The number of aryl methyl sites for hydroxylation is 1. The molecule has 0 unspecified atom stereocenters. The molecule has 28 heavy (non-hydrogen) atoms. The van der Waals surface area contributed by atoms with Crippen LogP contribution < -0.4 is 5.56 Å². The molecule has 0 aliphatic heterocycles. The van der Waals surface area contributed by atoms with Crippen molar-refractivity contribution < 1.29 is 13.3 Å². The fourth-order valence-corrected chi connectivity index (χ4v) is 4.27. The van der Waals surface area contributed by atoms with Crippen LogP contribution in [-0.2, 0) is 16.6 Å². The summed E-state index contributed by atoms with van der Waals surface area (Å²) in [6.45, 7) is 3.11. The van der Waals surface area contributed by atoms with Gasteiger partial charge in [-0.15, -0.1) is 0 Å². The van der Waals surface area contributed by atoms with Crippen LogP contribution in [0.4, 0.5) is 5.69 Å². The lowest BCUT2D eigenvalue weighted by atomic mass is 10.2. The largest absolute Gasteiger partial charge is 0.309 e. The van der Waals surface area contributed by atoms with Gasteiger partial charge in [0, 0.05) is 18.2 Å². The van der Waals surface area contributed by atoms with Crippen molar-refractivity contribution in [1.82, 2.24) is 14.3 Å². The quantitative estimate of drug-likeness (QED) is 0.498. The van der Waals surface area contributed by atoms with Crippen molar-refractivity contribution in [2.45, 2.75) is 25.3 Å². The maximum absolute atomic E-state index is 13.0. The van der Waals surface area contributed by atoms with Gasteiger partial charge >= 0.3 is 0 Å². The Hall–Kier alpha value is -3.11. The van der Waals surface area contributed by atoms with Crippen LogP contribution in [0.2, 0.25) is 0 Å². The topological polar surface area (TPSA) is 126 Å². The van der Waals surface area contributed by atoms with Gasteiger partial charge in [-0.25, -0.2) is 13.4 Å². The lowest BCUT2D eigenvalue weighted by Gasteiger charge is -2.20. The van der Waals surface area contributed by atoms with Gasteiger partial charge in [-0.3, -0.25) is 14.9 Å². The molecule has 0 amide bonds. The van der Waals surface area contributed by atoms with E-state index in [4.69, 9.17) is 0 Å². The van der Waals surface area contributed by atoms with Crippen molar-refractivity contribution in [2.24, 2.45) is 0 Å². The standard InChI is InChI=1S/C18H18N4O5S/c1-3-21(11-17-19-15-7-5-4-6-14(15)18(23)20-17)28(26,27)13-9-8-12(2)16(10-13)22(24)25/h4-10H,3,11H2,1-2H3,(H,19,20,23). The normalized spacial score (nSPS) is 11.8. The van der Waals surface area contributed by atoms with Crippen molar-refractivity contribution in [2.75, 3.05) is 6.54 Å². The van der Waals surface area contributed by atoms with Gasteiger partial charge in [-0.1, -0.05) is 25.1 Å². The van der Waals surface area contributed by atoms with Crippen molar-refractivity contribution in [3.05, 3.63) is 74.3 Å². The number of fused-ring (bicyclic) bond motifs is 1. The van der Waals surface area contributed by atoms with E-state index in [1.165, 1.54) is 19.1 Å². The Morgan fingerprint density at radius 3 is 2.61 bits per heavy atom. The summed E-state index contributed by atoms with van der Waals surface area (Å²) in [5.74, 6) is 0.190. The lowest BCUT2D eigenvalue weighted by Crippen LogP contribution is -2.32. The molecular formula is C18H18N4O5S. The Bertz CT molecular complexity index is 1220. The van der Waals surface area contributed by atoms with Crippen molar-refractivity contribution in [1.29, 1.82) is 0 Å². The zero-order valence-electron chi connectivity index (χ0n) is 15.2. The molecule has 0 saturated carbocycles. The predicted octanol–water partition coefficient (Wildman–Crippen LogP) is 2.35. The van der Waals surface area contributed by atoms with E-state index < -0.39 is 14.9 Å². The van der Waals surface area contributed by atoms with Gasteiger partial charge in [-0.2, -0.15) is 4.31 Å². The van der Waals surface area contributed by atoms with E-state index in [0.717, 1.165) is 10.4 Å². The van der Waals surface area contributed by atoms with E-state index in [9.17, 15) is 23.3 Å². The smallest absolute Gasteiger partial charge is 0.273 e. The molecule has 0 radical (unpaired) electrons. The SMILES string of the molecule is CCN(Cc1nc2ccccc2c(=O)[nH]1)S(=O)(=O)c1ccc(C)c([N+](=O)[O-])c1. The third kappa shape index (κ3) is 3.64. The molecule has 0 aliphatic carbocycles. The van der Waals surface area contributed by atoms with Gasteiger partial charge in [-0.05, 0) is 25.1 Å². The number of rotatable bonds is 6. The fraction of sp³-hybridized carbons (Fsp3) is 0.222. The van der Waals surface area contributed by atoms with Crippen LogP contribution in [0.25, 0.3) is 10.9 Å². The first kappa shape index (κ1) is 19.6. The molecule has 0 fully saturated rings. The number of aromatic nitrogens is 2. The van der Waals surface area contributed by atoms with Crippen LogP contribution in [0, 0.1) is 17.0 Å². The zero-order chi connectivity index (χ0) is 20.5. The minimum absolute atomic E-state index is 0.0978. The number of nitrogens with zero attached hydrogens (tertiary/aromatic N) is 3. The second kappa shape index (κ2) is 7.49. The maximum Gasteiger partial charge on any atom is 0.273 e. The predicted molar refractivity (Wildman–Crippen MR) is 103 cm³/mol. The Labute approximate surface area is 160 Å². The van der Waals surface area contributed by atoms with E-state index >= 15 is 0 Å². The molecule has 9 nitrogen and oxygen atoms in total. The fourth-order valence-electron chi connectivity index (χ4n) is 2.84. The second-order valence-electron chi connectivity index (χ2n) is 6.17. The monoisotopic (exact) mass is 402 g/mol. The molecule has 3 rings (SSSR count). The van der Waals surface area contributed by atoms with Crippen LogP contribution in [0.1, 0.15) is 18.3 Å². The summed E-state index contributed by atoms with van der Waals surface area (Å²) in [5, 5.41) is 11.5. The zero-order valence-corrected chi connectivity index (χ0v) is 16.1. The third-order valence-electron chi connectivity index (χ3n) is 4.36. The van der Waals surface area contributed by atoms with Gasteiger partial charge in [0.15, 0.2) is 0 Å². The lowest BCUT2D eigenvalue weighted by molar-refractivity contribution is -0.385. The number of hydrogen-bond donors (Lipinski definition) is 1. The number of para-hydroxylation sites is 1. The number of hydrogen-bond acceptors (Lipinski definition) is 6. The van der Waals surface area contributed by atoms with E-state index in [1.54, 1.807) is 31.2 Å². The molecule has 0 saturated heterocycles. The summed E-state index contributed by atoms with van der Waals surface area (Å²) in [4.78, 5) is 29.5. The molecule has 0 aliphatic rings. The molecule has 10 heteroatoms. The molecule has 0 spiro atoms. The van der Waals surface area contributed by atoms with Crippen molar-refractivity contribution >= 4 is 26.6 Å². The van der Waals surface area contributed by atoms with Crippen LogP contribution in [0.5, 0.6) is 0 Å². The summed E-state index contributed by atoms with van der Waals surface area (Å²) >= 11 is 0. The molecule has 1 aromatic heterocycles. The van der Waals surface area contributed by atoms with Crippen LogP contribution in [0.15, 0.2) is 52.2 Å². The molecular weight excluding hydrogens is 384 g/mol. The highest BCUT2D eigenvalue weighted by molar-refractivity contribution is 7.89. The van der Waals surface area contributed by atoms with Gasteiger partial charge in [0.25, 0.3) is 11.2 Å². The highest BCUT2D eigenvalue weighted by Crippen LogP contribution is 2.25. The minimum Gasteiger partial charge on any atom is -0.309 e. The van der Waals surface area contributed by atoms with Crippen LogP contribution in [0.3, 0.4) is 0 Å². The number of nitrogens with one attached hydrogen (secondary N) is 1. The molecule has 3 aromatic rings. The second-order valence-corrected chi connectivity index (χ2v) is 8.10. The molecule has 0 atom stereocenters. The third-order valence-corrected chi connectivity index (χ3v) is 6.27. The number of H-pyrrole nitrogens is 1. The first-order chi connectivity index (χ1) is 13.2. The molecule has 1 heterocycles. The number of nitro groups is 1. The first-order valence-electron chi connectivity index (χ1n) is 8.47. The van der Waals surface area contributed by atoms with Crippen LogP contribution in [-0.4, -0.2) is 34.2 Å². The van der Waals surface area contributed by atoms with Gasteiger partial charge in [0.05, 0.1) is 27.3 Å². The average molecular weight is 402 g/mol. The Balaban J connectivity index is 2.00. The average Bonchev–Trinajstić information content (AvgIpc) is 2.66. The highest BCUT2D eigenvalue weighted by atomic mass is 32.2. The number of benzene rings is 2. The molecule has 0 bridgehead atoms. The number of nitro benzene ring substituents is 1. The molecule has 2 aromatic carbocycles. The summed E-state index contributed by atoms with van der Waals surface area (Å²) < 4.78 is 27.1. The summed E-state index contributed by atoms with van der Waals surface area (Å²) in [7, 11) is -4.02. The van der Waals surface area contributed by atoms with Crippen molar-refractivity contribution in [3.8, 4) is 0 Å². The molecule has 1 N–H and O–H groups in total. The van der Waals surface area contributed by atoms with E-state index in [-0.39, 0.29) is 35.1 Å². The Morgan fingerprint density at radius 2 is 1.93 bits per heavy atom. The van der Waals surface area contributed by atoms with E-state index in [1.807, 2.05) is 0 Å². The number of sulfonamides is 1. The summed E-state index contributed by atoms with van der Waals surface area (Å²) in [6, 6.07) is 10.5. The number of aromatic amines is 1.